The third-order valence-electron chi connectivity index (χ3n) is 6.74. The van der Waals surface area contributed by atoms with Crippen molar-refractivity contribution in [3.63, 3.8) is 0 Å². The molecule has 0 spiro atoms. The van der Waals surface area contributed by atoms with Crippen molar-refractivity contribution < 1.29 is 14.6 Å². The van der Waals surface area contributed by atoms with Crippen molar-refractivity contribution in [3.8, 4) is 11.4 Å². The minimum atomic E-state index is -0.675. The van der Waals surface area contributed by atoms with E-state index in [0.717, 1.165) is 53.8 Å². The summed E-state index contributed by atoms with van der Waals surface area (Å²) in [6, 6.07) is 13.6. The predicted molar refractivity (Wildman–Crippen MR) is 165 cm³/mol. The van der Waals surface area contributed by atoms with Gasteiger partial charge in [-0.25, -0.2) is 4.98 Å². The van der Waals surface area contributed by atoms with Crippen LogP contribution in [0.2, 0.25) is 5.02 Å². The first-order valence-electron chi connectivity index (χ1n) is 12.2. The number of aromatic nitrogens is 2. The molecule has 2 N–H and O–H groups in total. The number of aliphatic hydroxyl groups is 1. The molecule has 1 aromatic heterocycles. The van der Waals surface area contributed by atoms with Crippen LogP contribution in [0.5, 0.6) is 5.75 Å². The zero-order valence-electron chi connectivity index (χ0n) is 22.5. The van der Waals surface area contributed by atoms with E-state index >= 15 is 0 Å². The molecule has 2 heterocycles. The van der Waals surface area contributed by atoms with Gasteiger partial charge < -0.3 is 20.1 Å². The molecule has 8 nitrogen and oxygen atoms in total. The van der Waals surface area contributed by atoms with Gasteiger partial charge in [-0.2, -0.15) is 0 Å². The molecule has 12 heteroatoms. The normalized spacial score (nSPS) is 13.9. The van der Waals surface area contributed by atoms with Crippen LogP contribution in [0.25, 0.3) is 5.69 Å². The number of aryl methyl sites for hydroxylation is 1. The standard InChI is InChI=1S/C27H34ClN5O3.3ClH/c1-18-22(28)8-7-10-23(18)32-14-12-31(13-15-32)17-21(34)16-29-27(35)26-19(2)33(20(3)30-26)24-9-5-6-11-25(24)36-4;;;/h5-11,21,34H,12-17H2,1-4H3,(H,29,35);3*1H. The number of anilines is 1. The number of imidazole rings is 1. The average molecular weight is 621 g/mol. The van der Waals surface area contributed by atoms with E-state index in [2.05, 4.69) is 26.2 Å². The molecule has 0 radical (unpaired) electrons. The zero-order valence-corrected chi connectivity index (χ0v) is 25.7. The van der Waals surface area contributed by atoms with E-state index in [4.69, 9.17) is 16.3 Å². The number of hydrogen-bond acceptors (Lipinski definition) is 6. The summed E-state index contributed by atoms with van der Waals surface area (Å²) in [5.41, 5.74) is 4.14. The number of nitrogens with zero attached hydrogens (tertiary/aromatic N) is 4. The summed E-state index contributed by atoms with van der Waals surface area (Å²) >= 11 is 6.28. The number of para-hydroxylation sites is 2. The molecule has 1 amide bonds. The molecule has 39 heavy (non-hydrogen) atoms. The highest BCUT2D eigenvalue weighted by Crippen LogP contribution is 2.28. The largest absolute Gasteiger partial charge is 0.495 e. The smallest absolute Gasteiger partial charge is 0.271 e. The summed E-state index contributed by atoms with van der Waals surface area (Å²) in [4.78, 5) is 22.0. The lowest BCUT2D eigenvalue weighted by Gasteiger charge is -2.37. The topological polar surface area (TPSA) is 82.9 Å². The molecule has 1 aliphatic heterocycles. The highest BCUT2D eigenvalue weighted by molar-refractivity contribution is 6.31. The Morgan fingerprint density at radius 2 is 1.67 bits per heavy atom. The maximum absolute atomic E-state index is 12.9. The molecule has 0 aliphatic carbocycles. The van der Waals surface area contributed by atoms with Crippen LogP contribution in [-0.4, -0.2) is 77.9 Å². The number of amides is 1. The van der Waals surface area contributed by atoms with Gasteiger partial charge in [0, 0.05) is 50.0 Å². The van der Waals surface area contributed by atoms with E-state index in [1.807, 2.05) is 61.7 Å². The Bertz CT molecular complexity index is 1230. The van der Waals surface area contributed by atoms with Crippen molar-refractivity contribution in [2.24, 2.45) is 0 Å². The first-order valence-corrected chi connectivity index (χ1v) is 12.6. The number of hydrogen-bond donors (Lipinski definition) is 2. The van der Waals surface area contributed by atoms with E-state index in [1.54, 1.807) is 7.11 Å². The second kappa shape index (κ2) is 15.6. The summed E-state index contributed by atoms with van der Waals surface area (Å²) < 4.78 is 7.39. The Labute approximate surface area is 253 Å². The molecule has 0 bridgehead atoms. The molecule has 216 valence electrons. The highest BCUT2D eigenvalue weighted by Gasteiger charge is 2.23. The molecule has 0 saturated carbocycles. The average Bonchev–Trinajstić information content (AvgIpc) is 3.18. The summed E-state index contributed by atoms with van der Waals surface area (Å²) in [7, 11) is 1.62. The summed E-state index contributed by atoms with van der Waals surface area (Å²) in [6.07, 6.45) is -0.675. The molecule has 1 unspecified atom stereocenters. The van der Waals surface area contributed by atoms with Crippen molar-refractivity contribution in [2.75, 3.05) is 51.3 Å². The molecule has 1 fully saturated rings. The Morgan fingerprint density at radius 1 is 1.03 bits per heavy atom. The van der Waals surface area contributed by atoms with Crippen molar-refractivity contribution in [3.05, 3.63) is 70.3 Å². The number of β-amino-alcohol motifs (C(OH)–C–C–N with tert-alkyl or cyclic N) is 1. The number of halogens is 4. The van der Waals surface area contributed by atoms with Gasteiger partial charge in [-0.1, -0.05) is 29.8 Å². The second-order valence-corrected chi connectivity index (χ2v) is 9.54. The quantitative estimate of drug-likeness (QED) is 0.382. The van der Waals surface area contributed by atoms with Gasteiger partial charge in [0.15, 0.2) is 0 Å². The van der Waals surface area contributed by atoms with Crippen LogP contribution in [0.3, 0.4) is 0 Å². The Kier molecular flexibility index (Phi) is 13.9. The minimum Gasteiger partial charge on any atom is -0.495 e. The lowest BCUT2D eigenvalue weighted by atomic mass is 10.1. The van der Waals surface area contributed by atoms with Crippen molar-refractivity contribution >= 4 is 60.4 Å². The Balaban J connectivity index is 0.00000253. The highest BCUT2D eigenvalue weighted by atomic mass is 35.5. The van der Waals surface area contributed by atoms with Crippen LogP contribution in [0.15, 0.2) is 42.5 Å². The number of ether oxygens (including phenoxy) is 1. The zero-order chi connectivity index (χ0) is 25.8. The van der Waals surface area contributed by atoms with Gasteiger partial charge in [0.2, 0.25) is 0 Å². The number of benzene rings is 2. The third-order valence-corrected chi connectivity index (χ3v) is 7.15. The maximum atomic E-state index is 12.9. The van der Waals surface area contributed by atoms with Crippen LogP contribution in [0.1, 0.15) is 27.6 Å². The van der Waals surface area contributed by atoms with Crippen molar-refractivity contribution in [2.45, 2.75) is 26.9 Å². The van der Waals surface area contributed by atoms with Gasteiger partial charge in [0.05, 0.1) is 24.6 Å². The monoisotopic (exact) mass is 619 g/mol. The lowest BCUT2D eigenvalue weighted by Crippen LogP contribution is -2.50. The summed E-state index contributed by atoms with van der Waals surface area (Å²) in [6.45, 7) is 9.80. The van der Waals surface area contributed by atoms with Crippen molar-refractivity contribution in [1.29, 1.82) is 0 Å². The molecular formula is C27H37Cl4N5O3. The number of nitrogens with one attached hydrogen (secondary N) is 1. The third kappa shape index (κ3) is 7.93. The number of carbonyl (C=O) groups excluding carboxylic acids is 1. The number of rotatable bonds is 8. The molecule has 4 rings (SSSR count). The van der Waals surface area contributed by atoms with Crippen LogP contribution in [-0.2, 0) is 0 Å². The number of methoxy groups -OCH3 is 1. The fraction of sp³-hybridized carbons (Fsp3) is 0.407. The summed E-state index contributed by atoms with van der Waals surface area (Å²) in [5, 5.41) is 14.2. The number of piperazine rings is 1. The van der Waals surface area contributed by atoms with E-state index in [9.17, 15) is 9.90 Å². The number of carbonyl (C=O) groups is 1. The van der Waals surface area contributed by atoms with E-state index < -0.39 is 6.10 Å². The minimum absolute atomic E-state index is 0. The van der Waals surface area contributed by atoms with Crippen molar-refractivity contribution in [1.82, 2.24) is 19.8 Å². The predicted octanol–water partition coefficient (Wildman–Crippen LogP) is 4.64. The van der Waals surface area contributed by atoms with Crippen LogP contribution < -0.4 is 15.0 Å². The molecule has 3 aromatic rings. The molecule has 1 saturated heterocycles. The van der Waals surface area contributed by atoms with Crippen LogP contribution in [0, 0.1) is 20.8 Å². The fourth-order valence-corrected chi connectivity index (χ4v) is 4.96. The van der Waals surface area contributed by atoms with Crippen LogP contribution in [0.4, 0.5) is 5.69 Å². The molecule has 1 aliphatic rings. The first-order chi connectivity index (χ1) is 17.3. The SMILES string of the molecule is COc1ccccc1-n1c(C)nc(C(=O)NCC(O)CN2CCN(c3cccc(Cl)c3C)CC2)c1C.Cl.Cl.Cl. The van der Waals surface area contributed by atoms with E-state index in [1.165, 1.54) is 0 Å². The fourth-order valence-electron chi connectivity index (χ4n) is 4.79. The van der Waals surface area contributed by atoms with Gasteiger partial charge >= 0.3 is 0 Å². The molecule has 1 atom stereocenters. The summed E-state index contributed by atoms with van der Waals surface area (Å²) in [5.74, 6) is 1.09. The molecular weight excluding hydrogens is 584 g/mol. The van der Waals surface area contributed by atoms with Gasteiger partial charge in [0.1, 0.15) is 17.3 Å². The van der Waals surface area contributed by atoms with Gasteiger partial charge in [-0.15, -0.1) is 37.2 Å². The Morgan fingerprint density at radius 3 is 2.33 bits per heavy atom. The first kappa shape index (κ1) is 34.8. The van der Waals surface area contributed by atoms with Gasteiger partial charge in [-0.05, 0) is 50.6 Å². The number of aliphatic hydroxyl groups excluding tert-OH is 1. The van der Waals surface area contributed by atoms with E-state index in [0.29, 0.717) is 23.8 Å². The maximum Gasteiger partial charge on any atom is 0.271 e. The van der Waals surface area contributed by atoms with E-state index in [-0.39, 0.29) is 49.7 Å². The van der Waals surface area contributed by atoms with Gasteiger partial charge in [0.25, 0.3) is 5.91 Å². The van der Waals surface area contributed by atoms with Gasteiger partial charge in [-0.3, -0.25) is 14.3 Å². The lowest BCUT2D eigenvalue weighted by molar-refractivity contribution is 0.0847. The second-order valence-electron chi connectivity index (χ2n) is 9.14. The Hall–Kier alpha value is -2.20. The molecule has 2 aromatic carbocycles. The van der Waals surface area contributed by atoms with Crippen LogP contribution >= 0.6 is 48.8 Å².